The van der Waals surface area contributed by atoms with Crippen LogP contribution in [-0.4, -0.2) is 23.1 Å². The Morgan fingerprint density at radius 2 is 2.12 bits per heavy atom. The normalized spacial score (nSPS) is 15.0. The summed E-state index contributed by atoms with van der Waals surface area (Å²) < 4.78 is 0. The molecule has 2 rings (SSSR count). The molecule has 94 valence electrons. The van der Waals surface area contributed by atoms with Crippen LogP contribution in [0.3, 0.4) is 0 Å². The summed E-state index contributed by atoms with van der Waals surface area (Å²) in [5.74, 6) is 2.71. The molecule has 1 fully saturated rings. The van der Waals surface area contributed by atoms with Crippen LogP contribution in [0.25, 0.3) is 0 Å². The van der Waals surface area contributed by atoms with E-state index in [4.69, 9.17) is 11.6 Å². The topological polar surface area (TPSA) is 29.0 Å². The van der Waals surface area contributed by atoms with E-state index in [9.17, 15) is 0 Å². The molecular formula is C13H20ClN3. The summed E-state index contributed by atoms with van der Waals surface area (Å²) in [7, 11) is 0. The molecule has 1 saturated carbocycles. The minimum Gasteiger partial charge on any atom is -0.356 e. The average Bonchev–Trinajstić information content (AvgIpc) is 3.09. The summed E-state index contributed by atoms with van der Waals surface area (Å²) in [5.41, 5.74) is 0. The first-order valence-electron chi connectivity index (χ1n) is 6.51. The second-order valence-corrected chi connectivity index (χ2v) is 5.08. The molecule has 1 aliphatic carbocycles. The minimum atomic E-state index is 0.563. The van der Waals surface area contributed by atoms with Gasteiger partial charge in [-0.15, -0.1) is 0 Å². The standard InChI is InChI=1S/C13H20ClN3/c1-3-5-12-15-11(14)8-13(16-12)17(4-2)9-10-6-7-10/h8,10H,3-7,9H2,1-2H3. The lowest BCUT2D eigenvalue weighted by Gasteiger charge is -2.22. The minimum absolute atomic E-state index is 0.563. The molecule has 0 radical (unpaired) electrons. The predicted octanol–water partition coefficient (Wildman–Crippen LogP) is 3.32. The Kier molecular flexibility index (Phi) is 4.21. The second-order valence-electron chi connectivity index (χ2n) is 4.70. The van der Waals surface area contributed by atoms with Crippen molar-refractivity contribution in [2.45, 2.75) is 39.5 Å². The highest BCUT2D eigenvalue weighted by molar-refractivity contribution is 6.29. The first-order chi connectivity index (χ1) is 8.22. The Balaban J connectivity index is 2.15. The number of aryl methyl sites for hydroxylation is 1. The maximum Gasteiger partial charge on any atom is 0.134 e. The van der Waals surface area contributed by atoms with Crippen LogP contribution in [0.1, 0.15) is 38.9 Å². The summed E-state index contributed by atoms with van der Waals surface area (Å²) in [6, 6.07) is 1.88. The zero-order chi connectivity index (χ0) is 12.3. The van der Waals surface area contributed by atoms with Gasteiger partial charge < -0.3 is 4.90 Å². The van der Waals surface area contributed by atoms with Crippen molar-refractivity contribution in [3.8, 4) is 0 Å². The van der Waals surface area contributed by atoms with E-state index in [0.29, 0.717) is 5.15 Å². The number of halogens is 1. The summed E-state index contributed by atoms with van der Waals surface area (Å²) in [5, 5.41) is 0.563. The lowest BCUT2D eigenvalue weighted by Crippen LogP contribution is -2.26. The Hall–Kier alpha value is -0.830. The van der Waals surface area contributed by atoms with Crippen molar-refractivity contribution in [3.63, 3.8) is 0 Å². The highest BCUT2D eigenvalue weighted by Gasteiger charge is 2.24. The molecule has 0 bridgehead atoms. The van der Waals surface area contributed by atoms with E-state index in [1.807, 2.05) is 6.07 Å². The van der Waals surface area contributed by atoms with E-state index in [1.165, 1.54) is 12.8 Å². The van der Waals surface area contributed by atoms with Crippen LogP contribution >= 0.6 is 11.6 Å². The molecule has 3 nitrogen and oxygen atoms in total. The molecule has 1 aliphatic rings. The molecule has 17 heavy (non-hydrogen) atoms. The number of hydrogen-bond acceptors (Lipinski definition) is 3. The highest BCUT2D eigenvalue weighted by atomic mass is 35.5. The third-order valence-corrected chi connectivity index (χ3v) is 3.28. The summed E-state index contributed by atoms with van der Waals surface area (Å²) in [6.07, 6.45) is 4.66. The molecule has 1 aromatic rings. The SMILES string of the molecule is CCCc1nc(Cl)cc(N(CC)CC2CC2)n1. The van der Waals surface area contributed by atoms with E-state index in [-0.39, 0.29) is 0 Å². The Labute approximate surface area is 108 Å². The summed E-state index contributed by atoms with van der Waals surface area (Å²) in [4.78, 5) is 11.2. The van der Waals surface area contributed by atoms with Gasteiger partial charge in [0.25, 0.3) is 0 Å². The van der Waals surface area contributed by atoms with Gasteiger partial charge in [-0.3, -0.25) is 0 Å². The van der Waals surface area contributed by atoms with Crippen LogP contribution in [-0.2, 0) is 6.42 Å². The van der Waals surface area contributed by atoms with Crippen molar-refractivity contribution < 1.29 is 0 Å². The van der Waals surface area contributed by atoms with Crippen LogP contribution < -0.4 is 4.90 Å². The third-order valence-electron chi connectivity index (χ3n) is 3.08. The van der Waals surface area contributed by atoms with Gasteiger partial charge in [0, 0.05) is 25.6 Å². The monoisotopic (exact) mass is 253 g/mol. The first-order valence-corrected chi connectivity index (χ1v) is 6.89. The average molecular weight is 254 g/mol. The molecule has 0 spiro atoms. The Morgan fingerprint density at radius 3 is 2.71 bits per heavy atom. The van der Waals surface area contributed by atoms with Gasteiger partial charge >= 0.3 is 0 Å². The fourth-order valence-corrected chi connectivity index (χ4v) is 2.14. The van der Waals surface area contributed by atoms with E-state index in [1.54, 1.807) is 0 Å². The van der Waals surface area contributed by atoms with Gasteiger partial charge in [0.2, 0.25) is 0 Å². The van der Waals surface area contributed by atoms with Crippen LogP contribution in [0, 0.1) is 5.92 Å². The van der Waals surface area contributed by atoms with Crippen molar-refractivity contribution in [2.24, 2.45) is 5.92 Å². The van der Waals surface area contributed by atoms with E-state index < -0.39 is 0 Å². The van der Waals surface area contributed by atoms with Gasteiger partial charge in [-0.05, 0) is 32.1 Å². The Bertz CT molecular complexity index is 377. The number of anilines is 1. The first kappa shape index (κ1) is 12.6. The molecule has 0 aromatic carbocycles. The van der Waals surface area contributed by atoms with Crippen LogP contribution in [0.5, 0.6) is 0 Å². The van der Waals surface area contributed by atoms with Crippen molar-refractivity contribution in [1.29, 1.82) is 0 Å². The van der Waals surface area contributed by atoms with Gasteiger partial charge in [0.05, 0.1) is 0 Å². The van der Waals surface area contributed by atoms with Crippen LogP contribution in [0.4, 0.5) is 5.82 Å². The number of aromatic nitrogens is 2. The molecule has 4 heteroatoms. The van der Waals surface area contributed by atoms with Crippen molar-refractivity contribution in [2.75, 3.05) is 18.0 Å². The fourth-order valence-electron chi connectivity index (χ4n) is 1.95. The summed E-state index contributed by atoms with van der Waals surface area (Å²) >= 11 is 6.06. The highest BCUT2D eigenvalue weighted by Crippen LogP contribution is 2.31. The number of rotatable bonds is 6. The largest absolute Gasteiger partial charge is 0.356 e. The van der Waals surface area contributed by atoms with Gasteiger partial charge in [-0.25, -0.2) is 9.97 Å². The third kappa shape index (κ3) is 3.56. The lowest BCUT2D eigenvalue weighted by atomic mass is 10.3. The maximum atomic E-state index is 6.06. The van der Waals surface area contributed by atoms with Crippen LogP contribution in [0.15, 0.2) is 6.07 Å². The van der Waals surface area contributed by atoms with Gasteiger partial charge in [-0.2, -0.15) is 0 Å². The molecule has 0 N–H and O–H groups in total. The summed E-state index contributed by atoms with van der Waals surface area (Å²) in [6.45, 7) is 6.38. The van der Waals surface area contributed by atoms with Gasteiger partial charge in [0.1, 0.15) is 16.8 Å². The second kappa shape index (κ2) is 5.67. The van der Waals surface area contributed by atoms with E-state index in [2.05, 4.69) is 28.7 Å². The smallest absolute Gasteiger partial charge is 0.134 e. The molecule has 0 saturated heterocycles. The molecule has 1 heterocycles. The molecule has 0 atom stereocenters. The molecule has 0 aliphatic heterocycles. The Morgan fingerprint density at radius 1 is 1.35 bits per heavy atom. The molecule has 0 unspecified atom stereocenters. The van der Waals surface area contributed by atoms with Crippen molar-refractivity contribution in [3.05, 3.63) is 17.0 Å². The zero-order valence-electron chi connectivity index (χ0n) is 10.6. The number of hydrogen-bond donors (Lipinski definition) is 0. The molecule has 0 amide bonds. The van der Waals surface area contributed by atoms with Crippen molar-refractivity contribution >= 4 is 17.4 Å². The quantitative estimate of drug-likeness (QED) is 0.729. The van der Waals surface area contributed by atoms with Gasteiger partial charge in [0.15, 0.2) is 0 Å². The fraction of sp³-hybridized carbons (Fsp3) is 0.692. The molecular weight excluding hydrogens is 234 g/mol. The lowest BCUT2D eigenvalue weighted by molar-refractivity contribution is 0.722. The van der Waals surface area contributed by atoms with E-state index in [0.717, 1.165) is 43.5 Å². The maximum absolute atomic E-state index is 6.06. The van der Waals surface area contributed by atoms with Crippen molar-refractivity contribution in [1.82, 2.24) is 9.97 Å². The van der Waals surface area contributed by atoms with Gasteiger partial charge in [-0.1, -0.05) is 18.5 Å². The number of nitrogens with zero attached hydrogens (tertiary/aromatic N) is 3. The predicted molar refractivity (Wildman–Crippen MR) is 71.6 cm³/mol. The molecule has 1 aromatic heterocycles. The van der Waals surface area contributed by atoms with E-state index >= 15 is 0 Å². The van der Waals surface area contributed by atoms with Crippen LogP contribution in [0.2, 0.25) is 5.15 Å². The zero-order valence-corrected chi connectivity index (χ0v) is 11.4.